The summed E-state index contributed by atoms with van der Waals surface area (Å²) in [5, 5.41) is 3.55. The van der Waals surface area contributed by atoms with Crippen LogP contribution in [0, 0.1) is 0 Å². The lowest BCUT2D eigenvalue weighted by molar-refractivity contribution is 0.265. The number of nitrogens with one attached hydrogen (secondary N) is 1. The van der Waals surface area contributed by atoms with Gasteiger partial charge in [-0.05, 0) is 43.5 Å². The number of aromatic nitrogens is 1. The van der Waals surface area contributed by atoms with Gasteiger partial charge in [-0.3, -0.25) is 4.98 Å². The Morgan fingerprint density at radius 1 is 1.36 bits per heavy atom. The van der Waals surface area contributed by atoms with Crippen LogP contribution < -0.4 is 11.1 Å². The quantitative estimate of drug-likeness (QED) is 0.733. The first-order chi connectivity index (χ1) is 6.87. The van der Waals surface area contributed by atoms with Gasteiger partial charge in [-0.2, -0.15) is 0 Å². The average Bonchev–Trinajstić information content (AvgIpc) is 2.31. The number of rotatable bonds is 2. The summed E-state index contributed by atoms with van der Waals surface area (Å²) >= 11 is 0. The minimum atomic E-state index is 0.00118. The molecule has 0 saturated carbocycles. The van der Waals surface area contributed by atoms with Crippen molar-refractivity contribution in [2.45, 2.75) is 24.8 Å². The Labute approximate surface area is 84.7 Å². The van der Waals surface area contributed by atoms with Gasteiger partial charge < -0.3 is 11.1 Å². The van der Waals surface area contributed by atoms with Gasteiger partial charge in [-0.25, -0.2) is 0 Å². The summed E-state index contributed by atoms with van der Waals surface area (Å²) in [5.74, 6) is 0. The molecule has 2 heterocycles. The zero-order chi connectivity index (χ0) is 9.86. The Morgan fingerprint density at radius 3 is 2.71 bits per heavy atom. The Bertz CT molecular complexity index is 278. The molecule has 14 heavy (non-hydrogen) atoms. The van der Waals surface area contributed by atoms with E-state index in [1.165, 1.54) is 18.4 Å². The second-order valence-corrected chi connectivity index (χ2v) is 3.91. The first-order valence-electron chi connectivity index (χ1n) is 5.23. The van der Waals surface area contributed by atoms with Crippen LogP contribution in [0.1, 0.15) is 24.8 Å². The van der Waals surface area contributed by atoms with Gasteiger partial charge in [0.25, 0.3) is 0 Å². The van der Waals surface area contributed by atoms with Crippen molar-refractivity contribution in [3.8, 4) is 0 Å². The van der Waals surface area contributed by atoms with Crippen molar-refractivity contribution in [3.63, 3.8) is 0 Å². The molecule has 0 bridgehead atoms. The average molecular weight is 191 g/mol. The van der Waals surface area contributed by atoms with E-state index in [0.717, 1.165) is 13.0 Å². The lowest BCUT2D eigenvalue weighted by Crippen LogP contribution is -2.51. The van der Waals surface area contributed by atoms with Crippen LogP contribution >= 0.6 is 0 Å². The van der Waals surface area contributed by atoms with Gasteiger partial charge in [0, 0.05) is 18.9 Å². The number of hydrogen-bond donors (Lipinski definition) is 2. The van der Waals surface area contributed by atoms with Crippen LogP contribution in [0.2, 0.25) is 0 Å². The van der Waals surface area contributed by atoms with Gasteiger partial charge in [0.15, 0.2) is 0 Å². The Hall–Kier alpha value is -0.930. The highest BCUT2D eigenvalue weighted by atomic mass is 15.0. The highest BCUT2D eigenvalue weighted by molar-refractivity contribution is 5.23. The van der Waals surface area contributed by atoms with Crippen LogP contribution in [0.15, 0.2) is 24.5 Å². The fraction of sp³-hybridized carbons (Fsp3) is 0.545. The summed E-state index contributed by atoms with van der Waals surface area (Å²) in [4.78, 5) is 4.04. The molecule has 1 atom stereocenters. The Morgan fingerprint density at radius 2 is 2.14 bits per heavy atom. The summed E-state index contributed by atoms with van der Waals surface area (Å²) in [6.45, 7) is 1.73. The molecule has 1 aliphatic rings. The van der Waals surface area contributed by atoms with E-state index >= 15 is 0 Å². The summed E-state index contributed by atoms with van der Waals surface area (Å²) in [6, 6.07) is 4.12. The Kier molecular flexibility index (Phi) is 2.79. The standard InChI is InChI=1S/C11H17N3/c12-9-11(5-1-2-6-14-11)10-3-7-13-8-4-10/h3-4,7-8,14H,1-2,5-6,9,12H2. The Balaban J connectivity index is 2.27. The van der Waals surface area contributed by atoms with Crippen LogP contribution in [0.3, 0.4) is 0 Å². The van der Waals surface area contributed by atoms with E-state index in [0.29, 0.717) is 6.54 Å². The molecule has 1 unspecified atom stereocenters. The van der Waals surface area contributed by atoms with Crippen molar-refractivity contribution in [2.24, 2.45) is 5.73 Å². The SMILES string of the molecule is NCC1(c2ccncc2)CCCCN1. The van der Waals surface area contributed by atoms with Crippen LogP contribution in [0.25, 0.3) is 0 Å². The third-order valence-corrected chi connectivity index (χ3v) is 3.08. The van der Waals surface area contributed by atoms with Crippen molar-refractivity contribution in [1.82, 2.24) is 10.3 Å². The third kappa shape index (κ3) is 1.65. The smallest absolute Gasteiger partial charge is 0.0559 e. The zero-order valence-electron chi connectivity index (χ0n) is 8.37. The molecule has 1 aromatic rings. The highest BCUT2D eigenvalue weighted by Crippen LogP contribution is 2.28. The molecular formula is C11H17N3. The molecule has 1 aliphatic heterocycles. The predicted octanol–water partition coefficient (Wildman–Crippen LogP) is 1.01. The fourth-order valence-corrected chi connectivity index (χ4v) is 2.18. The first kappa shape index (κ1) is 9.62. The molecule has 0 radical (unpaired) electrons. The maximum atomic E-state index is 5.89. The summed E-state index contributed by atoms with van der Waals surface area (Å²) < 4.78 is 0. The van der Waals surface area contributed by atoms with Gasteiger partial charge in [0.05, 0.1) is 5.54 Å². The molecule has 3 N–H and O–H groups in total. The lowest BCUT2D eigenvalue weighted by atomic mass is 9.83. The molecule has 0 aliphatic carbocycles. The molecule has 3 heteroatoms. The van der Waals surface area contributed by atoms with Gasteiger partial charge in [-0.15, -0.1) is 0 Å². The minimum absolute atomic E-state index is 0.00118. The van der Waals surface area contributed by atoms with Crippen molar-refractivity contribution in [2.75, 3.05) is 13.1 Å². The van der Waals surface area contributed by atoms with Gasteiger partial charge in [-0.1, -0.05) is 0 Å². The monoisotopic (exact) mass is 191 g/mol. The van der Waals surface area contributed by atoms with Gasteiger partial charge >= 0.3 is 0 Å². The van der Waals surface area contributed by atoms with E-state index in [4.69, 9.17) is 5.73 Å². The molecule has 2 rings (SSSR count). The van der Waals surface area contributed by atoms with Crippen molar-refractivity contribution in [1.29, 1.82) is 0 Å². The third-order valence-electron chi connectivity index (χ3n) is 3.08. The minimum Gasteiger partial charge on any atom is -0.328 e. The van der Waals surface area contributed by atoms with E-state index in [2.05, 4.69) is 22.4 Å². The number of pyridine rings is 1. The zero-order valence-corrected chi connectivity index (χ0v) is 8.37. The molecule has 3 nitrogen and oxygen atoms in total. The van der Waals surface area contributed by atoms with Crippen molar-refractivity contribution < 1.29 is 0 Å². The van der Waals surface area contributed by atoms with E-state index in [-0.39, 0.29) is 5.54 Å². The first-order valence-corrected chi connectivity index (χ1v) is 5.23. The molecule has 0 aromatic carbocycles. The maximum Gasteiger partial charge on any atom is 0.0559 e. The summed E-state index contributed by atoms with van der Waals surface area (Å²) in [6.07, 6.45) is 7.32. The highest BCUT2D eigenvalue weighted by Gasteiger charge is 2.31. The predicted molar refractivity (Wildman–Crippen MR) is 56.8 cm³/mol. The molecule has 76 valence electrons. The summed E-state index contributed by atoms with van der Waals surface area (Å²) in [7, 11) is 0. The van der Waals surface area contributed by atoms with E-state index in [1.54, 1.807) is 0 Å². The molecular weight excluding hydrogens is 174 g/mol. The topological polar surface area (TPSA) is 50.9 Å². The van der Waals surface area contributed by atoms with Crippen LogP contribution in [0.5, 0.6) is 0 Å². The number of piperidine rings is 1. The van der Waals surface area contributed by atoms with Crippen LogP contribution in [-0.4, -0.2) is 18.1 Å². The van der Waals surface area contributed by atoms with Crippen LogP contribution in [-0.2, 0) is 5.54 Å². The fourth-order valence-electron chi connectivity index (χ4n) is 2.18. The molecule has 1 fully saturated rings. The number of nitrogens with zero attached hydrogens (tertiary/aromatic N) is 1. The number of nitrogens with two attached hydrogens (primary N) is 1. The van der Waals surface area contributed by atoms with Gasteiger partial charge in [0.1, 0.15) is 0 Å². The number of hydrogen-bond acceptors (Lipinski definition) is 3. The lowest BCUT2D eigenvalue weighted by Gasteiger charge is -2.37. The van der Waals surface area contributed by atoms with Crippen molar-refractivity contribution >= 4 is 0 Å². The molecule has 0 spiro atoms. The van der Waals surface area contributed by atoms with E-state index < -0.39 is 0 Å². The molecule has 1 saturated heterocycles. The van der Waals surface area contributed by atoms with Gasteiger partial charge in [0.2, 0.25) is 0 Å². The summed E-state index contributed by atoms with van der Waals surface area (Å²) in [5.41, 5.74) is 7.16. The second kappa shape index (κ2) is 4.07. The van der Waals surface area contributed by atoms with Crippen LogP contribution in [0.4, 0.5) is 0 Å². The molecule has 1 aromatic heterocycles. The van der Waals surface area contributed by atoms with Crippen molar-refractivity contribution in [3.05, 3.63) is 30.1 Å². The second-order valence-electron chi connectivity index (χ2n) is 3.91. The van der Waals surface area contributed by atoms with E-state index in [1.807, 2.05) is 12.4 Å². The van der Waals surface area contributed by atoms with E-state index in [9.17, 15) is 0 Å². The maximum absolute atomic E-state index is 5.89. The normalized spacial score (nSPS) is 27.5. The largest absolute Gasteiger partial charge is 0.328 e. The molecule has 0 amide bonds.